The molecular formula is C14H26N2. The van der Waals surface area contributed by atoms with Gasteiger partial charge in [-0.05, 0) is 57.5 Å². The van der Waals surface area contributed by atoms with Crippen LogP contribution < -0.4 is 5.32 Å². The van der Waals surface area contributed by atoms with Crippen molar-refractivity contribution in [2.75, 3.05) is 19.6 Å². The molecule has 0 aromatic rings. The lowest BCUT2D eigenvalue weighted by atomic mass is 10.1. The first-order valence-corrected chi connectivity index (χ1v) is 7.28. The normalized spacial score (nSPS) is 33.2. The number of rotatable bonds is 6. The van der Waals surface area contributed by atoms with Crippen molar-refractivity contribution in [1.82, 2.24) is 10.2 Å². The molecule has 0 aromatic carbocycles. The minimum Gasteiger partial charge on any atom is -0.314 e. The minimum atomic E-state index is 0.846. The van der Waals surface area contributed by atoms with E-state index >= 15 is 0 Å². The monoisotopic (exact) mass is 222 g/mol. The van der Waals surface area contributed by atoms with Crippen LogP contribution in [0.4, 0.5) is 0 Å². The van der Waals surface area contributed by atoms with Crippen molar-refractivity contribution in [2.24, 2.45) is 11.8 Å². The number of likely N-dealkylation sites (tertiary alicyclic amines) is 1. The first kappa shape index (κ1) is 11.0. The minimum absolute atomic E-state index is 0.846. The average Bonchev–Trinajstić information content (AvgIpc) is 3.18. The lowest BCUT2D eigenvalue weighted by molar-refractivity contribution is 0.230. The highest BCUT2D eigenvalue weighted by Gasteiger charge is 2.31. The summed E-state index contributed by atoms with van der Waals surface area (Å²) in [6, 6.07) is 1.73. The zero-order valence-electron chi connectivity index (χ0n) is 10.6. The predicted octanol–water partition coefficient (Wildman–Crippen LogP) is 2.25. The van der Waals surface area contributed by atoms with Gasteiger partial charge in [-0.2, -0.15) is 0 Å². The fraction of sp³-hybridized carbons (Fsp3) is 1.00. The van der Waals surface area contributed by atoms with Gasteiger partial charge in [-0.25, -0.2) is 0 Å². The van der Waals surface area contributed by atoms with Gasteiger partial charge in [-0.1, -0.05) is 12.8 Å². The number of nitrogens with zero attached hydrogens (tertiary/aromatic N) is 1. The number of nitrogens with one attached hydrogen (secondary N) is 1. The van der Waals surface area contributed by atoms with Crippen LogP contribution in [0.25, 0.3) is 0 Å². The van der Waals surface area contributed by atoms with E-state index in [-0.39, 0.29) is 0 Å². The Kier molecular flexibility index (Phi) is 3.21. The van der Waals surface area contributed by atoms with E-state index in [4.69, 9.17) is 0 Å². The van der Waals surface area contributed by atoms with Crippen molar-refractivity contribution in [2.45, 2.75) is 57.5 Å². The first-order chi connectivity index (χ1) is 7.81. The molecule has 2 unspecified atom stereocenters. The Morgan fingerprint density at radius 1 is 1.12 bits per heavy atom. The number of hydrogen-bond acceptors (Lipinski definition) is 2. The maximum Gasteiger partial charge on any atom is 0.00696 e. The van der Waals surface area contributed by atoms with E-state index in [0.29, 0.717) is 0 Å². The van der Waals surface area contributed by atoms with Crippen LogP contribution in [-0.2, 0) is 0 Å². The summed E-state index contributed by atoms with van der Waals surface area (Å²) in [6.07, 6.45) is 8.75. The van der Waals surface area contributed by atoms with Gasteiger partial charge in [0.25, 0.3) is 0 Å². The molecule has 3 rings (SSSR count). The van der Waals surface area contributed by atoms with Crippen molar-refractivity contribution in [3.63, 3.8) is 0 Å². The Hall–Kier alpha value is -0.0800. The topological polar surface area (TPSA) is 15.3 Å². The van der Waals surface area contributed by atoms with Crippen LogP contribution in [0.2, 0.25) is 0 Å². The van der Waals surface area contributed by atoms with E-state index in [1.54, 1.807) is 0 Å². The molecule has 0 spiro atoms. The summed E-state index contributed by atoms with van der Waals surface area (Å²) in [7, 11) is 0. The molecule has 0 bridgehead atoms. The Balaban J connectivity index is 1.37. The molecule has 3 aliphatic rings. The van der Waals surface area contributed by atoms with Crippen molar-refractivity contribution >= 4 is 0 Å². The second kappa shape index (κ2) is 4.66. The van der Waals surface area contributed by atoms with E-state index in [1.165, 1.54) is 58.2 Å². The lowest BCUT2D eigenvalue weighted by Gasteiger charge is -2.24. The Labute approximate surface area is 99.8 Å². The Morgan fingerprint density at radius 2 is 1.94 bits per heavy atom. The van der Waals surface area contributed by atoms with Gasteiger partial charge < -0.3 is 10.2 Å². The zero-order valence-corrected chi connectivity index (χ0v) is 10.6. The fourth-order valence-electron chi connectivity index (χ4n) is 3.04. The SMILES string of the molecule is CC(CC1CC1)N1CCC(CNC2CC2)C1. The molecule has 92 valence electrons. The van der Waals surface area contributed by atoms with Gasteiger partial charge >= 0.3 is 0 Å². The molecule has 1 saturated heterocycles. The Morgan fingerprint density at radius 3 is 2.62 bits per heavy atom. The fourth-order valence-corrected chi connectivity index (χ4v) is 3.04. The van der Waals surface area contributed by atoms with Crippen LogP contribution in [0, 0.1) is 11.8 Å². The Bertz CT molecular complexity index is 233. The molecule has 2 nitrogen and oxygen atoms in total. The van der Waals surface area contributed by atoms with Crippen molar-refractivity contribution in [1.29, 1.82) is 0 Å². The highest BCUT2D eigenvalue weighted by molar-refractivity contribution is 4.87. The summed E-state index contributed by atoms with van der Waals surface area (Å²) in [6.45, 7) is 6.42. The van der Waals surface area contributed by atoms with Gasteiger partial charge in [0.2, 0.25) is 0 Å². The summed E-state index contributed by atoms with van der Waals surface area (Å²) in [5.41, 5.74) is 0. The van der Waals surface area contributed by atoms with Crippen LogP contribution in [0.3, 0.4) is 0 Å². The van der Waals surface area contributed by atoms with Crippen molar-refractivity contribution in [3.8, 4) is 0 Å². The molecule has 16 heavy (non-hydrogen) atoms. The molecule has 1 aliphatic heterocycles. The average molecular weight is 222 g/mol. The van der Waals surface area contributed by atoms with Gasteiger partial charge in [0, 0.05) is 18.6 Å². The number of hydrogen-bond donors (Lipinski definition) is 1. The molecule has 2 atom stereocenters. The molecule has 1 heterocycles. The van der Waals surface area contributed by atoms with E-state index in [9.17, 15) is 0 Å². The highest BCUT2D eigenvalue weighted by Crippen LogP contribution is 2.35. The zero-order chi connectivity index (χ0) is 11.0. The molecular weight excluding hydrogens is 196 g/mol. The highest BCUT2D eigenvalue weighted by atomic mass is 15.2. The van der Waals surface area contributed by atoms with E-state index < -0.39 is 0 Å². The second-order valence-electron chi connectivity index (χ2n) is 6.36. The van der Waals surface area contributed by atoms with E-state index in [2.05, 4.69) is 17.1 Å². The third-order valence-corrected chi connectivity index (χ3v) is 4.58. The van der Waals surface area contributed by atoms with Gasteiger partial charge in [-0.3, -0.25) is 0 Å². The molecule has 2 heteroatoms. The molecule has 0 amide bonds. The van der Waals surface area contributed by atoms with Gasteiger partial charge in [0.05, 0.1) is 0 Å². The van der Waals surface area contributed by atoms with Gasteiger partial charge in [0.15, 0.2) is 0 Å². The third kappa shape index (κ3) is 2.98. The van der Waals surface area contributed by atoms with Crippen LogP contribution in [-0.4, -0.2) is 36.6 Å². The molecule has 0 radical (unpaired) electrons. The summed E-state index contributed by atoms with van der Waals surface area (Å²) in [5, 5.41) is 3.68. The molecule has 1 N–H and O–H groups in total. The largest absolute Gasteiger partial charge is 0.314 e. The molecule has 2 saturated carbocycles. The predicted molar refractivity (Wildman–Crippen MR) is 67.5 cm³/mol. The lowest BCUT2D eigenvalue weighted by Crippen LogP contribution is -2.33. The summed E-state index contributed by atoms with van der Waals surface area (Å²) in [5.74, 6) is 2.01. The smallest absolute Gasteiger partial charge is 0.00696 e. The van der Waals surface area contributed by atoms with Crippen LogP contribution >= 0.6 is 0 Å². The maximum atomic E-state index is 3.68. The molecule has 3 fully saturated rings. The van der Waals surface area contributed by atoms with Crippen molar-refractivity contribution < 1.29 is 0 Å². The first-order valence-electron chi connectivity index (χ1n) is 7.28. The third-order valence-electron chi connectivity index (χ3n) is 4.58. The standard InChI is InChI=1S/C14H26N2/c1-11(8-12-2-3-12)16-7-6-13(10-16)9-15-14-4-5-14/h11-15H,2-10H2,1H3. The summed E-state index contributed by atoms with van der Waals surface area (Å²) >= 11 is 0. The van der Waals surface area contributed by atoms with Crippen LogP contribution in [0.1, 0.15) is 45.4 Å². The maximum absolute atomic E-state index is 3.68. The molecule has 0 aromatic heterocycles. The van der Waals surface area contributed by atoms with E-state index in [0.717, 1.165) is 23.9 Å². The summed E-state index contributed by atoms with van der Waals surface area (Å²) < 4.78 is 0. The van der Waals surface area contributed by atoms with Gasteiger partial charge in [-0.15, -0.1) is 0 Å². The quantitative estimate of drug-likeness (QED) is 0.741. The van der Waals surface area contributed by atoms with Crippen molar-refractivity contribution in [3.05, 3.63) is 0 Å². The molecule has 2 aliphatic carbocycles. The van der Waals surface area contributed by atoms with Crippen LogP contribution in [0.5, 0.6) is 0 Å². The van der Waals surface area contributed by atoms with Crippen LogP contribution in [0.15, 0.2) is 0 Å². The van der Waals surface area contributed by atoms with E-state index in [1.807, 2.05) is 0 Å². The second-order valence-corrected chi connectivity index (χ2v) is 6.36. The van der Waals surface area contributed by atoms with Gasteiger partial charge in [0.1, 0.15) is 0 Å². The summed E-state index contributed by atoms with van der Waals surface area (Å²) in [4.78, 5) is 2.73.